The average molecular weight is 278 g/mol. The van der Waals surface area contributed by atoms with Crippen molar-refractivity contribution in [2.75, 3.05) is 12.3 Å². The Bertz CT molecular complexity index is 510. The molecule has 19 heavy (non-hydrogen) atoms. The van der Waals surface area contributed by atoms with Gasteiger partial charge in [0, 0.05) is 4.88 Å². The highest BCUT2D eigenvalue weighted by Gasteiger charge is 2.27. The molecule has 0 spiro atoms. The molecule has 1 aliphatic carbocycles. The van der Waals surface area contributed by atoms with E-state index in [1.807, 2.05) is 0 Å². The highest BCUT2D eigenvalue weighted by Crippen LogP contribution is 2.42. The molecule has 1 heterocycles. The molecule has 1 aromatic heterocycles. The van der Waals surface area contributed by atoms with Gasteiger partial charge in [-0.05, 0) is 25.7 Å². The van der Waals surface area contributed by atoms with E-state index < -0.39 is 5.97 Å². The first-order chi connectivity index (χ1) is 9.19. The van der Waals surface area contributed by atoms with Gasteiger partial charge in [-0.1, -0.05) is 19.3 Å². The lowest BCUT2D eigenvalue weighted by Crippen LogP contribution is -2.05. The molecule has 5 heteroatoms. The predicted octanol–water partition coefficient (Wildman–Crippen LogP) is 3.43. The van der Waals surface area contributed by atoms with Gasteiger partial charge in [0.05, 0.1) is 17.9 Å². The van der Waals surface area contributed by atoms with Crippen molar-refractivity contribution >= 4 is 23.0 Å². The van der Waals surface area contributed by atoms with Crippen LogP contribution in [0, 0.1) is 11.3 Å². The Morgan fingerprint density at radius 1 is 1.47 bits per heavy atom. The number of rotatable bonds is 3. The first-order valence-corrected chi connectivity index (χ1v) is 7.50. The third-order valence-electron chi connectivity index (χ3n) is 3.52. The fourth-order valence-corrected chi connectivity index (χ4v) is 3.81. The summed E-state index contributed by atoms with van der Waals surface area (Å²) in [6.45, 7) is 2.08. The van der Waals surface area contributed by atoms with Crippen molar-refractivity contribution in [1.82, 2.24) is 0 Å². The molecule has 102 valence electrons. The van der Waals surface area contributed by atoms with Crippen molar-refractivity contribution in [1.29, 1.82) is 5.26 Å². The molecule has 1 aromatic rings. The van der Waals surface area contributed by atoms with Crippen LogP contribution in [-0.2, 0) is 4.74 Å². The van der Waals surface area contributed by atoms with Gasteiger partial charge in [0.15, 0.2) is 0 Å². The van der Waals surface area contributed by atoms with E-state index >= 15 is 0 Å². The van der Waals surface area contributed by atoms with Crippen molar-refractivity contribution in [2.24, 2.45) is 0 Å². The molecule has 0 unspecified atom stereocenters. The molecule has 4 nitrogen and oxygen atoms in total. The van der Waals surface area contributed by atoms with E-state index in [-0.39, 0.29) is 0 Å². The van der Waals surface area contributed by atoms with Gasteiger partial charge in [0.25, 0.3) is 0 Å². The van der Waals surface area contributed by atoms with Crippen LogP contribution in [-0.4, -0.2) is 12.6 Å². The summed E-state index contributed by atoms with van der Waals surface area (Å²) in [5.41, 5.74) is 6.72. The number of carbonyl (C=O) groups excluding carboxylic acids is 1. The standard InChI is InChI=1S/C14H18N2O2S/c1-2-18-14(17)13-11(16)10(8-15)12(19-13)9-6-4-3-5-7-9/h9H,2-7,16H2,1H3. The normalized spacial score (nSPS) is 16.0. The maximum Gasteiger partial charge on any atom is 0.350 e. The van der Waals surface area contributed by atoms with Crippen molar-refractivity contribution in [3.05, 3.63) is 15.3 Å². The summed E-state index contributed by atoms with van der Waals surface area (Å²) in [6.07, 6.45) is 5.78. The molecule has 2 N–H and O–H groups in total. The average Bonchev–Trinajstić information content (AvgIpc) is 2.77. The van der Waals surface area contributed by atoms with E-state index in [9.17, 15) is 10.1 Å². The number of nitrogens with two attached hydrogens (primary N) is 1. The van der Waals surface area contributed by atoms with Crippen LogP contribution >= 0.6 is 11.3 Å². The van der Waals surface area contributed by atoms with Crippen molar-refractivity contribution in [2.45, 2.75) is 44.9 Å². The van der Waals surface area contributed by atoms with Crippen LogP contribution in [0.3, 0.4) is 0 Å². The molecule has 1 aliphatic rings. The molecule has 0 aromatic carbocycles. The minimum atomic E-state index is -0.413. The Balaban J connectivity index is 2.35. The Morgan fingerprint density at radius 3 is 2.74 bits per heavy atom. The summed E-state index contributed by atoms with van der Waals surface area (Å²) in [6, 6.07) is 2.16. The molecule has 1 fully saturated rings. The van der Waals surface area contributed by atoms with Crippen molar-refractivity contribution in [3.63, 3.8) is 0 Å². The molecular formula is C14H18N2O2S. The fraction of sp³-hybridized carbons (Fsp3) is 0.571. The Kier molecular flexibility index (Phi) is 4.43. The van der Waals surface area contributed by atoms with Crippen LogP contribution in [0.5, 0.6) is 0 Å². The molecular weight excluding hydrogens is 260 g/mol. The van der Waals surface area contributed by atoms with Gasteiger partial charge in [-0.3, -0.25) is 0 Å². The number of ether oxygens (including phenoxy) is 1. The highest BCUT2D eigenvalue weighted by molar-refractivity contribution is 7.15. The summed E-state index contributed by atoms with van der Waals surface area (Å²) < 4.78 is 4.99. The van der Waals surface area contributed by atoms with E-state index in [1.54, 1.807) is 6.92 Å². The second kappa shape index (κ2) is 6.07. The molecule has 0 aliphatic heterocycles. The highest BCUT2D eigenvalue weighted by atomic mass is 32.1. The summed E-state index contributed by atoms with van der Waals surface area (Å²) in [5, 5.41) is 9.28. The maximum absolute atomic E-state index is 11.8. The van der Waals surface area contributed by atoms with Gasteiger partial charge in [0.2, 0.25) is 0 Å². The van der Waals surface area contributed by atoms with E-state index in [4.69, 9.17) is 10.5 Å². The van der Waals surface area contributed by atoms with Crippen LogP contribution in [0.1, 0.15) is 65.1 Å². The topological polar surface area (TPSA) is 76.1 Å². The van der Waals surface area contributed by atoms with E-state index in [0.717, 1.165) is 17.7 Å². The molecule has 0 radical (unpaired) electrons. The minimum Gasteiger partial charge on any atom is -0.462 e. The largest absolute Gasteiger partial charge is 0.462 e. The number of nitrogen functional groups attached to an aromatic ring is 1. The lowest BCUT2D eigenvalue weighted by Gasteiger charge is -2.20. The number of hydrogen-bond acceptors (Lipinski definition) is 5. The van der Waals surface area contributed by atoms with Crippen molar-refractivity contribution in [3.8, 4) is 6.07 Å². The maximum atomic E-state index is 11.8. The van der Waals surface area contributed by atoms with Gasteiger partial charge < -0.3 is 10.5 Å². The van der Waals surface area contributed by atoms with Crippen LogP contribution in [0.15, 0.2) is 0 Å². The van der Waals surface area contributed by atoms with Crippen LogP contribution in [0.2, 0.25) is 0 Å². The third kappa shape index (κ3) is 2.74. The lowest BCUT2D eigenvalue weighted by molar-refractivity contribution is 0.0533. The Hall–Kier alpha value is -1.54. The van der Waals surface area contributed by atoms with E-state index in [1.165, 1.54) is 30.6 Å². The lowest BCUT2D eigenvalue weighted by atomic mass is 9.87. The monoisotopic (exact) mass is 278 g/mol. The summed E-state index contributed by atoms with van der Waals surface area (Å²) >= 11 is 1.34. The Labute approximate surface area is 117 Å². The molecule has 2 rings (SSSR count). The Morgan fingerprint density at radius 2 is 2.16 bits per heavy atom. The number of carbonyl (C=O) groups is 1. The molecule has 0 atom stereocenters. The zero-order valence-electron chi connectivity index (χ0n) is 11.1. The van der Waals surface area contributed by atoms with Crippen LogP contribution in [0.25, 0.3) is 0 Å². The first kappa shape index (κ1) is 13.9. The number of thiophene rings is 1. The second-order valence-electron chi connectivity index (χ2n) is 4.75. The third-order valence-corrected chi connectivity index (χ3v) is 4.87. The van der Waals surface area contributed by atoms with Gasteiger partial charge >= 0.3 is 5.97 Å². The quantitative estimate of drug-likeness (QED) is 0.859. The first-order valence-electron chi connectivity index (χ1n) is 6.68. The van der Waals surface area contributed by atoms with E-state index in [0.29, 0.717) is 28.7 Å². The SMILES string of the molecule is CCOC(=O)c1sc(C2CCCCC2)c(C#N)c1N. The fourth-order valence-electron chi connectivity index (χ4n) is 2.58. The molecule has 1 saturated carbocycles. The van der Waals surface area contributed by atoms with Gasteiger partial charge in [-0.15, -0.1) is 11.3 Å². The second-order valence-corrected chi connectivity index (χ2v) is 5.80. The minimum absolute atomic E-state index is 0.298. The van der Waals surface area contributed by atoms with Gasteiger partial charge in [0.1, 0.15) is 10.9 Å². The summed E-state index contributed by atoms with van der Waals surface area (Å²) in [4.78, 5) is 13.2. The van der Waals surface area contributed by atoms with Gasteiger partial charge in [-0.25, -0.2) is 4.79 Å². The number of esters is 1. The van der Waals surface area contributed by atoms with Gasteiger partial charge in [-0.2, -0.15) is 5.26 Å². The molecule has 0 amide bonds. The molecule has 0 bridgehead atoms. The van der Waals surface area contributed by atoms with Crippen LogP contribution < -0.4 is 5.73 Å². The zero-order chi connectivity index (χ0) is 13.8. The summed E-state index contributed by atoms with van der Waals surface area (Å²) in [7, 11) is 0. The summed E-state index contributed by atoms with van der Waals surface area (Å²) in [5.74, 6) is -0.0394. The smallest absolute Gasteiger partial charge is 0.350 e. The number of nitrogens with zero attached hydrogens (tertiary/aromatic N) is 1. The van der Waals surface area contributed by atoms with Crippen molar-refractivity contribution < 1.29 is 9.53 Å². The number of hydrogen-bond donors (Lipinski definition) is 1. The number of nitriles is 1. The van der Waals surface area contributed by atoms with Crippen LogP contribution in [0.4, 0.5) is 5.69 Å². The zero-order valence-corrected chi connectivity index (χ0v) is 11.9. The van der Waals surface area contributed by atoms with E-state index in [2.05, 4.69) is 6.07 Å². The number of anilines is 1. The molecule has 0 saturated heterocycles. The predicted molar refractivity (Wildman–Crippen MR) is 75.2 cm³/mol.